The average Bonchev–Trinajstić information content (AvgIpc) is 2.28. The fourth-order valence-corrected chi connectivity index (χ4v) is 1.90. The Hall–Kier alpha value is -1.11. The molecule has 0 unspecified atom stereocenters. The van der Waals surface area contributed by atoms with E-state index in [1.165, 1.54) is 30.4 Å². The van der Waals surface area contributed by atoms with Gasteiger partial charge in [-0.15, -0.1) is 5.10 Å². The summed E-state index contributed by atoms with van der Waals surface area (Å²) in [5.41, 5.74) is 0. The first kappa shape index (κ1) is 11.4. The van der Waals surface area contributed by atoms with Gasteiger partial charge in [0.05, 0.1) is 23.5 Å². The van der Waals surface area contributed by atoms with Gasteiger partial charge in [-0.25, -0.2) is 9.97 Å². The van der Waals surface area contributed by atoms with Crippen molar-refractivity contribution >= 4 is 35.0 Å². The SMILES string of the molecule is Oc1nncc(Sc2cnc(Cl)cn2)c1Cl. The average molecular weight is 275 g/mol. The van der Waals surface area contributed by atoms with Gasteiger partial charge in [0, 0.05) is 0 Å². The third-order valence-electron chi connectivity index (χ3n) is 1.55. The highest BCUT2D eigenvalue weighted by Gasteiger charge is 2.09. The van der Waals surface area contributed by atoms with E-state index in [2.05, 4.69) is 20.2 Å². The molecule has 0 aromatic carbocycles. The predicted octanol–water partition coefficient (Wildman–Crippen LogP) is 2.43. The molecule has 0 bridgehead atoms. The summed E-state index contributed by atoms with van der Waals surface area (Å²) in [6.07, 6.45) is 4.36. The standard InChI is InChI=1S/C8H4Cl2N4OS/c9-5-2-12-6(3-11-5)16-4-1-13-14-8(15)7(4)10/h1-3H,(H,14,15). The van der Waals surface area contributed by atoms with E-state index in [0.717, 1.165) is 0 Å². The molecule has 0 fully saturated rings. The van der Waals surface area contributed by atoms with E-state index in [1.807, 2.05) is 0 Å². The van der Waals surface area contributed by atoms with Crippen molar-refractivity contribution in [3.05, 3.63) is 28.8 Å². The minimum atomic E-state index is -0.311. The highest BCUT2D eigenvalue weighted by molar-refractivity contribution is 7.99. The molecular formula is C8H4Cl2N4OS. The number of aromatic hydroxyl groups is 1. The maximum absolute atomic E-state index is 9.25. The molecule has 2 aromatic heterocycles. The van der Waals surface area contributed by atoms with Crippen molar-refractivity contribution in [2.75, 3.05) is 0 Å². The van der Waals surface area contributed by atoms with Crippen LogP contribution in [0, 0.1) is 0 Å². The van der Waals surface area contributed by atoms with Gasteiger partial charge in [-0.1, -0.05) is 35.0 Å². The van der Waals surface area contributed by atoms with Gasteiger partial charge in [-0.05, 0) is 0 Å². The largest absolute Gasteiger partial charge is 0.491 e. The number of aromatic nitrogens is 4. The second-order valence-corrected chi connectivity index (χ2v) is 4.45. The van der Waals surface area contributed by atoms with Gasteiger partial charge in [0.15, 0.2) is 0 Å². The first-order valence-electron chi connectivity index (χ1n) is 4.02. The minimum Gasteiger partial charge on any atom is -0.491 e. The Morgan fingerprint density at radius 3 is 2.62 bits per heavy atom. The molecule has 5 nitrogen and oxygen atoms in total. The molecule has 0 amide bonds. The zero-order chi connectivity index (χ0) is 11.5. The monoisotopic (exact) mass is 274 g/mol. The number of rotatable bonds is 2. The lowest BCUT2D eigenvalue weighted by Gasteiger charge is -2.02. The summed E-state index contributed by atoms with van der Waals surface area (Å²) in [4.78, 5) is 8.44. The van der Waals surface area contributed by atoms with Crippen LogP contribution < -0.4 is 0 Å². The lowest BCUT2D eigenvalue weighted by Crippen LogP contribution is -1.87. The number of hydrogen-bond acceptors (Lipinski definition) is 6. The van der Waals surface area contributed by atoms with E-state index in [9.17, 15) is 5.11 Å². The second-order valence-electron chi connectivity index (χ2n) is 2.63. The summed E-state index contributed by atoms with van der Waals surface area (Å²) in [6, 6.07) is 0. The van der Waals surface area contributed by atoms with E-state index in [0.29, 0.717) is 15.1 Å². The zero-order valence-corrected chi connectivity index (χ0v) is 9.96. The Morgan fingerprint density at radius 1 is 1.12 bits per heavy atom. The Kier molecular flexibility index (Phi) is 3.42. The lowest BCUT2D eigenvalue weighted by atomic mass is 10.5. The van der Waals surface area contributed by atoms with E-state index < -0.39 is 0 Å². The number of hydrogen-bond donors (Lipinski definition) is 1. The summed E-state index contributed by atoms with van der Waals surface area (Å²) in [6.45, 7) is 0. The van der Waals surface area contributed by atoms with Crippen LogP contribution in [0.5, 0.6) is 5.88 Å². The Morgan fingerprint density at radius 2 is 1.94 bits per heavy atom. The van der Waals surface area contributed by atoms with Crippen LogP contribution in [0.15, 0.2) is 28.5 Å². The third kappa shape index (κ3) is 2.52. The molecule has 0 radical (unpaired) electrons. The normalized spacial score (nSPS) is 10.4. The smallest absolute Gasteiger partial charge is 0.251 e. The predicted molar refractivity (Wildman–Crippen MR) is 59.9 cm³/mol. The highest BCUT2D eigenvalue weighted by atomic mass is 35.5. The second kappa shape index (κ2) is 4.82. The zero-order valence-electron chi connectivity index (χ0n) is 7.63. The van der Waals surface area contributed by atoms with Crippen molar-refractivity contribution in [1.82, 2.24) is 20.2 Å². The molecule has 0 saturated carbocycles. The van der Waals surface area contributed by atoms with Crippen LogP contribution in [0.1, 0.15) is 0 Å². The van der Waals surface area contributed by atoms with E-state index in [4.69, 9.17) is 23.2 Å². The molecule has 2 rings (SSSR count). The molecule has 0 aliphatic rings. The molecular weight excluding hydrogens is 271 g/mol. The van der Waals surface area contributed by atoms with Crippen molar-refractivity contribution in [1.29, 1.82) is 0 Å². The maximum atomic E-state index is 9.25. The fraction of sp³-hybridized carbons (Fsp3) is 0. The van der Waals surface area contributed by atoms with Crippen LogP contribution in [-0.4, -0.2) is 25.3 Å². The molecule has 2 aromatic rings. The molecule has 0 spiro atoms. The minimum absolute atomic E-state index is 0.136. The van der Waals surface area contributed by atoms with Crippen LogP contribution in [0.4, 0.5) is 0 Å². The van der Waals surface area contributed by atoms with E-state index in [1.54, 1.807) is 0 Å². The van der Waals surface area contributed by atoms with E-state index >= 15 is 0 Å². The summed E-state index contributed by atoms with van der Waals surface area (Å²) in [5, 5.41) is 17.3. The first-order chi connectivity index (χ1) is 7.66. The first-order valence-corrected chi connectivity index (χ1v) is 5.59. The molecule has 82 valence electrons. The summed E-state index contributed by atoms with van der Waals surface area (Å²) >= 11 is 12.6. The Labute approximate surface area is 105 Å². The van der Waals surface area contributed by atoms with Gasteiger partial charge < -0.3 is 5.11 Å². The molecule has 0 saturated heterocycles. The fourth-order valence-electron chi connectivity index (χ4n) is 0.884. The van der Waals surface area contributed by atoms with Gasteiger partial charge in [-0.2, -0.15) is 5.10 Å². The van der Waals surface area contributed by atoms with Crippen LogP contribution >= 0.6 is 35.0 Å². The van der Waals surface area contributed by atoms with E-state index in [-0.39, 0.29) is 10.9 Å². The quantitative estimate of drug-likeness (QED) is 0.907. The summed E-state index contributed by atoms with van der Waals surface area (Å²) in [5.74, 6) is -0.311. The molecule has 16 heavy (non-hydrogen) atoms. The van der Waals surface area contributed by atoms with Gasteiger partial charge >= 0.3 is 0 Å². The van der Waals surface area contributed by atoms with Crippen LogP contribution in [-0.2, 0) is 0 Å². The Bertz CT molecular complexity index is 508. The third-order valence-corrected chi connectivity index (χ3v) is 3.18. The van der Waals surface area contributed by atoms with Crippen LogP contribution in [0.2, 0.25) is 10.2 Å². The topological polar surface area (TPSA) is 71.8 Å². The van der Waals surface area contributed by atoms with Crippen molar-refractivity contribution in [3.8, 4) is 5.88 Å². The van der Waals surface area contributed by atoms with Crippen molar-refractivity contribution in [3.63, 3.8) is 0 Å². The molecule has 2 heterocycles. The van der Waals surface area contributed by atoms with Crippen molar-refractivity contribution in [2.24, 2.45) is 0 Å². The molecule has 0 atom stereocenters. The molecule has 8 heteroatoms. The van der Waals surface area contributed by atoms with Gasteiger partial charge in [-0.3, -0.25) is 0 Å². The van der Waals surface area contributed by atoms with Crippen molar-refractivity contribution in [2.45, 2.75) is 9.92 Å². The highest BCUT2D eigenvalue weighted by Crippen LogP contribution is 2.34. The maximum Gasteiger partial charge on any atom is 0.251 e. The van der Waals surface area contributed by atoms with Crippen molar-refractivity contribution < 1.29 is 5.11 Å². The Balaban J connectivity index is 2.27. The molecule has 0 aliphatic carbocycles. The van der Waals surface area contributed by atoms with Crippen LogP contribution in [0.25, 0.3) is 0 Å². The number of nitrogens with zero attached hydrogens (tertiary/aromatic N) is 4. The summed E-state index contributed by atoms with van der Waals surface area (Å²) in [7, 11) is 0. The molecule has 0 aliphatic heterocycles. The van der Waals surface area contributed by atoms with Gasteiger partial charge in [0.1, 0.15) is 15.2 Å². The van der Waals surface area contributed by atoms with Gasteiger partial charge in [0.2, 0.25) is 0 Å². The summed E-state index contributed by atoms with van der Waals surface area (Å²) < 4.78 is 0. The number of halogens is 2. The van der Waals surface area contributed by atoms with Crippen LogP contribution in [0.3, 0.4) is 0 Å². The molecule has 1 N–H and O–H groups in total. The lowest BCUT2D eigenvalue weighted by molar-refractivity contribution is 0.443. The van der Waals surface area contributed by atoms with Gasteiger partial charge in [0.25, 0.3) is 5.88 Å².